The minimum atomic E-state index is 0.529. The third-order valence-electron chi connectivity index (χ3n) is 2.73. The Hall–Kier alpha value is -0.450. The molecule has 1 fully saturated rings. The molecule has 0 saturated carbocycles. The lowest BCUT2D eigenvalue weighted by Crippen LogP contribution is -2.33. The van der Waals surface area contributed by atoms with E-state index in [0.717, 1.165) is 24.8 Å². The zero-order chi connectivity index (χ0) is 9.80. The van der Waals surface area contributed by atoms with E-state index in [1.54, 1.807) is 11.3 Å². The molecule has 78 valence electrons. The van der Waals surface area contributed by atoms with Crippen LogP contribution in [0.1, 0.15) is 18.4 Å². The van der Waals surface area contributed by atoms with Crippen molar-refractivity contribution in [2.45, 2.75) is 25.9 Å². The summed E-state index contributed by atoms with van der Waals surface area (Å²) in [7, 11) is 0. The maximum Gasteiger partial charge on any atom is 0.106 e. The number of aromatic nitrogens is 1. The van der Waals surface area contributed by atoms with Gasteiger partial charge in [-0.05, 0) is 19.3 Å². The van der Waals surface area contributed by atoms with Gasteiger partial charge < -0.3 is 10.1 Å². The summed E-state index contributed by atoms with van der Waals surface area (Å²) in [4.78, 5) is 4.24. The first-order valence-corrected chi connectivity index (χ1v) is 5.93. The average Bonchev–Trinajstić information content (AvgIpc) is 2.87. The molecule has 4 heteroatoms. The fourth-order valence-corrected chi connectivity index (χ4v) is 2.27. The molecule has 2 unspecified atom stereocenters. The molecule has 0 aliphatic carbocycles. The molecule has 0 radical (unpaired) electrons. The number of nitrogens with zero attached hydrogens (tertiary/aromatic N) is 1. The molecule has 2 heterocycles. The Kier molecular flexibility index (Phi) is 3.50. The second kappa shape index (κ2) is 4.87. The lowest BCUT2D eigenvalue weighted by atomic mass is 10.0. The normalized spacial score (nSPS) is 23.9. The van der Waals surface area contributed by atoms with Gasteiger partial charge in [0.2, 0.25) is 0 Å². The largest absolute Gasteiger partial charge is 0.381 e. The van der Waals surface area contributed by atoms with Gasteiger partial charge in [0.1, 0.15) is 5.01 Å². The summed E-state index contributed by atoms with van der Waals surface area (Å²) in [6.45, 7) is 4.95. The minimum absolute atomic E-state index is 0.529. The first-order valence-electron chi connectivity index (χ1n) is 5.06. The van der Waals surface area contributed by atoms with E-state index in [0.29, 0.717) is 12.0 Å². The Labute approximate surface area is 88.5 Å². The molecule has 0 spiro atoms. The van der Waals surface area contributed by atoms with Crippen LogP contribution < -0.4 is 5.32 Å². The topological polar surface area (TPSA) is 34.2 Å². The third-order valence-corrected chi connectivity index (χ3v) is 3.51. The predicted octanol–water partition coefficient (Wildman–Crippen LogP) is 1.66. The van der Waals surface area contributed by atoms with Crippen molar-refractivity contribution in [3.8, 4) is 0 Å². The lowest BCUT2D eigenvalue weighted by molar-refractivity contribution is 0.178. The second-order valence-corrected chi connectivity index (χ2v) is 4.70. The summed E-state index contributed by atoms with van der Waals surface area (Å²) in [6, 6.07) is 0.529. The molecule has 1 saturated heterocycles. The average molecular weight is 212 g/mol. The molecular weight excluding hydrogens is 196 g/mol. The number of hydrogen-bond acceptors (Lipinski definition) is 4. The summed E-state index contributed by atoms with van der Waals surface area (Å²) in [5, 5.41) is 6.67. The van der Waals surface area contributed by atoms with Crippen molar-refractivity contribution in [3.05, 3.63) is 16.6 Å². The van der Waals surface area contributed by atoms with Crippen LogP contribution in [0.4, 0.5) is 0 Å². The van der Waals surface area contributed by atoms with Gasteiger partial charge in [-0.1, -0.05) is 0 Å². The molecule has 0 amide bonds. The van der Waals surface area contributed by atoms with E-state index in [1.807, 2.05) is 11.6 Å². The fraction of sp³-hybridized carbons (Fsp3) is 0.700. The number of rotatable bonds is 4. The number of hydrogen-bond donors (Lipinski definition) is 1. The highest BCUT2D eigenvalue weighted by molar-refractivity contribution is 7.09. The number of thiazole rings is 1. The zero-order valence-corrected chi connectivity index (χ0v) is 9.22. The summed E-state index contributed by atoms with van der Waals surface area (Å²) >= 11 is 1.70. The van der Waals surface area contributed by atoms with Crippen molar-refractivity contribution in [2.75, 3.05) is 13.2 Å². The van der Waals surface area contributed by atoms with E-state index in [1.165, 1.54) is 6.42 Å². The van der Waals surface area contributed by atoms with E-state index < -0.39 is 0 Å². The van der Waals surface area contributed by atoms with Gasteiger partial charge in [0.25, 0.3) is 0 Å². The SMILES string of the molecule is CC(NCc1nccs1)C1CCOC1. The van der Waals surface area contributed by atoms with E-state index >= 15 is 0 Å². The van der Waals surface area contributed by atoms with Crippen LogP contribution in [0.3, 0.4) is 0 Å². The molecule has 3 nitrogen and oxygen atoms in total. The van der Waals surface area contributed by atoms with Gasteiger partial charge in [-0.3, -0.25) is 0 Å². The van der Waals surface area contributed by atoms with E-state index in [9.17, 15) is 0 Å². The van der Waals surface area contributed by atoms with Gasteiger partial charge in [0.15, 0.2) is 0 Å². The molecule has 1 aliphatic heterocycles. The van der Waals surface area contributed by atoms with Crippen molar-refractivity contribution in [3.63, 3.8) is 0 Å². The first-order chi connectivity index (χ1) is 6.86. The summed E-state index contributed by atoms with van der Waals surface area (Å²) in [6.07, 6.45) is 3.04. The second-order valence-electron chi connectivity index (χ2n) is 3.72. The molecule has 2 rings (SSSR count). The lowest BCUT2D eigenvalue weighted by Gasteiger charge is -2.18. The highest BCUT2D eigenvalue weighted by atomic mass is 32.1. The van der Waals surface area contributed by atoms with Crippen molar-refractivity contribution in [2.24, 2.45) is 5.92 Å². The van der Waals surface area contributed by atoms with Gasteiger partial charge in [-0.2, -0.15) is 0 Å². The minimum Gasteiger partial charge on any atom is -0.381 e. The van der Waals surface area contributed by atoms with Crippen molar-refractivity contribution in [1.29, 1.82) is 0 Å². The van der Waals surface area contributed by atoms with Crippen LogP contribution in [0.25, 0.3) is 0 Å². The van der Waals surface area contributed by atoms with Crippen molar-refractivity contribution < 1.29 is 4.74 Å². The van der Waals surface area contributed by atoms with Crippen LogP contribution in [0.5, 0.6) is 0 Å². The molecule has 1 aliphatic rings. The molecule has 14 heavy (non-hydrogen) atoms. The van der Waals surface area contributed by atoms with Gasteiger partial charge in [-0.15, -0.1) is 11.3 Å². The van der Waals surface area contributed by atoms with Gasteiger partial charge >= 0.3 is 0 Å². The smallest absolute Gasteiger partial charge is 0.106 e. The summed E-state index contributed by atoms with van der Waals surface area (Å²) in [5.41, 5.74) is 0. The van der Waals surface area contributed by atoms with Gasteiger partial charge in [0.05, 0.1) is 6.61 Å². The quantitative estimate of drug-likeness (QED) is 0.824. The zero-order valence-electron chi connectivity index (χ0n) is 8.40. The maximum atomic E-state index is 5.36. The Balaban J connectivity index is 1.74. The molecule has 1 aromatic rings. The number of nitrogens with one attached hydrogen (secondary N) is 1. The van der Waals surface area contributed by atoms with Crippen LogP contribution in [0, 0.1) is 5.92 Å². The highest BCUT2D eigenvalue weighted by Crippen LogP contribution is 2.16. The summed E-state index contributed by atoms with van der Waals surface area (Å²) < 4.78 is 5.36. The van der Waals surface area contributed by atoms with Crippen molar-refractivity contribution in [1.82, 2.24) is 10.3 Å². The molecular formula is C10H16N2OS. The van der Waals surface area contributed by atoms with E-state index in [2.05, 4.69) is 17.2 Å². The van der Waals surface area contributed by atoms with E-state index in [-0.39, 0.29) is 0 Å². The van der Waals surface area contributed by atoms with Crippen LogP contribution in [-0.4, -0.2) is 24.2 Å². The summed E-state index contributed by atoms with van der Waals surface area (Å²) in [5.74, 6) is 0.676. The predicted molar refractivity (Wildman–Crippen MR) is 57.3 cm³/mol. The van der Waals surface area contributed by atoms with Crippen LogP contribution in [0.2, 0.25) is 0 Å². The number of ether oxygens (including phenoxy) is 1. The molecule has 0 aromatic carbocycles. The van der Waals surface area contributed by atoms with Crippen LogP contribution in [0.15, 0.2) is 11.6 Å². The Morgan fingerprint density at radius 2 is 2.71 bits per heavy atom. The van der Waals surface area contributed by atoms with Crippen LogP contribution in [-0.2, 0) is 11.3 Å². The standard InChI is InChI=1S/C10H16N2OS/c1-8(9-2-4-13-7-9)12-6-10-11-3-5-14-10/h3,5,8-9,12H,2,4,6-7H2,1H3. The highest BCUT2D eigenvalue weighted by Gasteiger charge is 2.21. The maximum absolute atomic E-state index is 5.36. The molecule has 1 aromatic heterocycles. The molecule has 1 N–H and O–H groups in total. The molecule has 2 atom stereocenters. The van der Waals surface area contributed by atoms with Gasteiger partial charge in [-0.25, -0.2) is 4.98 Å². The Morgan fingerprint density at radius 3 is 3.36 bits per heavy atom. The van der Waals surface area contributed by atoms with E-state index in [4.69, 9.17) is 4.74 Å². The Morgan fingerprint density at radius 1 is 1.79 bits per heavy atom. The first kappa shape index (κ1) is 10.1. The molecule has 0 bridgehead atoms. The fourth-order valence-electron chi connectivity index (χ4n) is 1.70. The van der Waals surface area contributed by atoms with Crippen molar-refractivity contribution >= 4 is 11.3 Å². The monoisotopic (exact) mass is 212 g/mol. The van der Waals surface area contributed by atoms with Crippen LogP contribution >= 0.6 is 11.3 Å². The van der Waals surface area contributed by atoms with Gasteiger partial charge in [0, 0.05) is 30.8 Å². The Bertz CT molecular complexity index is 257. The third kappa shape index (κ3) is 2.53.